The molecule has 2 rings (SSSR count). The first-order valence-electron chi connectivity index (χ1n) is 7.87. The van der Waals surface area contributed by atoms with Crippen LogP contribution in [0, 0.1) is 19.8 Å². The quantitative estimate of drug-likeness (QED) is 0.322. The van der Waals surface area contributed by atoms with Gasteiger partial charge in [0, 0.05) is 11.8 Å². The lowest BCUT2D eigenvalue weighted by molar-refractivity contribution is 0.471. The van der Waals surface area contributed by atoms with Crippen LogP contribution in [0.25, 0.3) is 0 Å². The molecule has 0 saturated carbocycles. The van der Waals surface area contributed by atoms with E-state index in [1.807, 2.05) is 13.0 Å². The molecule has 6 nitrogen and oxygen atoms in total. The lowest BCUT2D eigenvalue weighted by atomic mass is 10.0. The SMILES string of the molecule is Cc1cc(CC(C)C)c(S(=O)O)cc1N.Cc1cc(N)c(N)cc1O. The normalized spacial score (nSPS) is 11.8. The summed E-state index contributed by atoms with van der Waals surface area (Å²) in [5.41, 5.74) is 20.7. The van der Waals surface area contributed by atoms with Gasteiger partial charge in [-0.2, -0.15) is 0 Å². The summed E-state index contributed by atoms with van der Waals surface area (Å²) in [6, 6.07) is 6.59. The van der Waals surface area contributed by atoms with Crippen molar-refractivity contribution in [2.75, 3.05) is 17.2 Å². The zero-order valence-corrected chi connectivity index (χ0v) is 15.9. The van der Waals surface area contributed by atoms with E-state index < -0.39 is 11.1 Å². The molecule has 0 radical (unpaired) electrons. The van der Waals surface area contributed by atoms with Gasteiger partial charge in [-0.3, -0.25) is 0 Å². The molecular formula is C18H27N3O3S. The number of rotatable bonds is 3. The van der Waals surface area contributed by atoms with Crippen molar-refractivity contribution < 1.29 is 13.9 Å². The Morgan fingerprint density at radius 2 is 1.52 bits per heavy atom. The van der Waals surface area contributed by atoms with Crippen molar-refractivity contribution in [2.24, 2.45) is 5.92 Å². The van der Waals surface area contributed by atoms with Crippen molar-refractivity contribution in [3.05, 3.63) is 41.0 Å². The third kappa shape index (κ3) is 5.95. The maximum atomic E-state index is 11.1. The fraction of sp³-hybridized carbons (Fsp3) is 0.333. The number of hydrogen-bond donors (Lipinski definition) is 5. The van der Waals surface area contributed by atoms with E-state index in [1.54, 1.807) is 19.1 Å². The van der Waals surface area contributed by atoms with Gasteiger partial charge in [-0.25, -0.2) is 4.21 Å². The zero-order chi connectivity index (χ0) is 19.3. The van der Waals surface area contributed by atoms with Gasteiger partial charge in [0.2, 0.25) is 0 Å². The summed E-state index contributed by atoms with van der Waals surface area (Å²) in [5.74, 6) is 0.641. The largest absolute Gasteiger partial charge is 0.508 e. The lowest BCUT2D eigenvalue weighted by Crippen LogP contribution is -2.04. The topological polar surface area (TPSA) is 136 Å². The highest BCUT2D eigenvalue weighted by molar-refractivity contribution is 7.79. The molecule has 138 valence electrons. The van der Waals surface area contributed by atoms with Crippen LogP contribution in [0.5, 0.6) is 5.75 Å². The first kappa shape index (κ1) is 20.8. The Kier molecular flexibility index (Phi) is 7.26. The molecule has 0 aromatic heterocycles. The van der Waals surface area contributed by atoms with E-state index in [0.717, 1.165) is 23.1 Å². The fourth-order valence-electron chi connectivity index (χ4n) is 2.26. The van der Waals surface area contributed by atoms with Gasteiger partial charge in [-0.05, 0) is 55.0 Å². The van der Waals surface area contributed by atoms with Gasteiger partial charge in [0.05, 0.1) is 16.3 Å². The van der Waals surface area contributed by atoms with Crippen LogP contribution in [0.15, 0.2) is 29.2 Å². The number of aryl methyl sites for hydroxylation is 2. The second-order valence-corrected chi connectivity index (χ2v) is 7.37. The maximum Gasteiger partial charge on any atom is 0.186 e. The molecule has 0 fully saturated rings. The molecule has 25 heavy (non-hydrogen) atoms. The van der Waals surface area contributed by atoms with Crippen molar-refractivity contribution in [1.29, 1.82) is 0 Å². The van der Waals surface area contributed by atoms with Crippen LogP contribution in [-0.4, -0.2) is 13.9 Å². The van der Waals surface area contributed by atoms with Crippen LogP contribution in [0.1, 0.15) is 30.5 Å². The van der Waals surface area contributed by atoms with Gasteiger partial charge in [0.15, 0.2) is 11.1 Å². The first-order chi connectivity index (χ1) is 11.5. The lowest BCUT2D eigenvalue weighted by Gasteiger charge is -2.11. The summed E-state index contributed by atoms with van der Waals surface area (Å²) < 4.78 is 20.3. The Morgan fingerprint density at radius 3 is 2.00 bits per heavy atom. The third-order valence-electron chi connectivity index (χ3n) is 3.67. The Bertz CT molecular complexity index is 726. The second-order valence-electron chi connectivity index (χ2n) is 6.43. The summed E-state index contributed by atoms with van der Waals surface area (Å²) in [7, 11) is 0. The molecule has 0 saturated heterocycles. The molecule has 0 aliphatic rings. The minimum absolute atomic E-state index is 0.187. The first-order valence-corrected chi connectivity index (χ1v) is 8.98. The molecule has 0 spiro atoms. The van der Waals surface area contributed by atoms with Crippen LogP contribution in [0.2, 0.25) is 0 Å². The molecule has 0 aliphatic carbocycles. The van der Waals surface area contributed by atoms with Gasteiger partial charge >= 0.3 is 0 Å². The van der Waals surface area contributed by atoms with E-state index in [1.165, 1.54) is 6.07 Å². The average Bonchev–Trinajstić information content (AvgIpc) is 2.48. The molecule has 0 heterocycles. The molecule has 1 unspecified atom stereocenters. The van der Waals surface area contributed by atoms with E-state index in [9.17, 15) is 4.21 Å². The fourth-order valence-corrected chi connectivity index (χ4v) is 2.85. The Labute approximate surface area is 151 Å². The minimum atomic E-state index is -1.96. The Balaban J connectivity index is 0.000000271. The van der Waals surface area contributed by atoms with Gasteiger partial charge in [0.25, 0.3) is 0 Å². The highest BCUT2D eigenvalue weighted by Crippen LogP contribution is 2.25. The maximum absolute atomic E-state index is 11.1. The second kappa shape index (κ2) is 8.73. The number of hydrogen-bond acceptors (Lipinski definition) is 5. The highest BCUT2D eigenvalue weighted by Gasteiger charge is 2.11. The molecule has 8 N–H and O–H groups in total. The monoisotopic (exact) mass is 365 g/mol. The summed E-state index contributed by atoms with van der Waals surface area (Å²) >= 11 is -1.96. The van der Waals surface area contributed by atoms with Crippen LogP contribution < -0.4 is 17.2 Å². The predicted octanol–water partition coefficient (Wildman–Crippen LogP) is 3.22. The van der Waals surface area contributed by atoms with Gasteiger partial charge in [0.1, 0.15) is 5.75 Å². The van der Waals surface area contributed by atoms with Crippen LogP contribution in [0.4, 0.5) is 17.1 Å². The number of nitrogen functional groups attached to an aromatic ring is 3. The van der Waals surface area contributed by atoms with Crippen molar-refractivity contribution in [2.45, 2.75) is 39.0 Å². The van der Waals surface area contributed by atoms with Crippen LogP contribution >= 0.6 is 0 Å². The van der Waals surface area contributed by atoms with E-state index in [2.05, 4.69) is 13.8 Å². The molecule has 2 aromatic carbocycles. The van der Waals surface area contributed by atoms with Crippen LogP contribution in [-0.2, 0) is 17.5 Å². The van der Waals surface area contributed by atoms with Crippen LogP contribution in [0.3, 0.4) is 0 Å². The molecular weight excluding hydrogens is 338 g/mol. The van der Waals surface area contributed by atoms with Gasteiger partial charge in [-0.1, -0.05) is 19.9 Å². The number of phenols is 1. The Morgan fingerprint density at radius 1 is 0.960 bits per heavy atom. The van der Waals surface area contributed by atoms with Crippen molar-refractivity contribution in [3.8, 4) is 5.75 Å². The van der Waals surface area contributed by atoms with Gasteiger partial charge < -0.3 is 26.9 Å². The van der Waals surface area contributed by atoms with Crippen molar-refractivity contribution >= 4 is 28.1 Å². The predicted molar refractivity (Wildman–Crippen MR) is 105 cm³/mol. The molecule has 1 atom stereocenters. The molecule has 7 heteroatoms. The molecule has 0 bridgehead atoms. The van der Waals surface area contributed by atoms with E-state index in [-0.39, 0.29) is 5.75 Å². The Hall–Kier alpha value is -2.25. The zero-order valence-electron chi connectivity index (χ0n) is 15.0. The van der Waals surface area contributed by atoms with Crippen molar-refractivity contribution in [3.63, 3.8) is 0 Å². The highest BCUT2D eigenvalue weighted by atomic mass is 32.2. The third-order valence-corrected chi connectivity index (χ3v) is 4.42. The number of aromatic hydroxyl groups is 1. The average molecular weight is 365 g/mol. The molecule has 0 amide bonds. The van der Waals surface area contributed by atoms with Crippen molar-refractivity contribution in [1.82, 2.24) is 0 Å². The standard InChI is InChI=1S/C11H17NO2S.C7H10N2O/c1-7(2)4-9-5-8(3)10(12)6-11(9)15(13)14;1-4-2-5(8)6(9)3-7(4)10/h5-7H,4,12H2,1-3H3,(H,13,14);2-3,10H,8-9H2,1H3. The molecule has 0 aliphatic heterocycles. The number of benzene rings is 2. The summed E-state index contributed by atoms with van der Waals surface area (Å²) in [5, 5.41) is 9.09. The molecule has 2 aromatic rings. The van der Waals surface area contributed by atoms with E-state index in [0.29, 0.717) is 27.9 Å². The van der Waals surface area contributed by atoms with E-state index >= 15 is 0 Å². The van der Waals surface area contributed by atoms with Gasteiger partial charge in [-0.15, -0.1) is 0 Å². The summed E-state index contributed by atoms with van der Waals surface area (Å²) in [6.07, 6.45) is 0.794. The van der Waals surface area contributed by atoms with E-state index in [4.69, 9.17) is 26.9 Å². The number of anilines is 3. The number of nitrogens with two attached hydrogens (primary N) is 3. The number of phenolic OH excluding ortho intramolecular Hbond substituents is 1. The smallest absolute Gasteiger partial charge is 0.186 e. The minimum Gasteiger partial charge on any atom is -0.508 e. The summed E-state index contributed by atoms with van der Waals surface area (Å²) in [4.78, 5) is 0.437. The summed E-state index contributed by atoms with van der Waals surface area (Å²) in [6.45, 7) is 7.83.